The molecular formula is C16H25BrN2O. The maximum absolute atomic E-state index is 12.1. The standard InChI is InChI=1S/C16H25BrN2O/c1-4-19(16(20)7-5-6-12-17)13-14-8-10-15(11-9-14)18(2)3/h8-11H,4-7,12-13H2,1-3H3. The Bertz CT molecular complexity index is 403. The lowest BCUT2D eigenvalue weighted by Gasteiger charge is -2.21. The summed E-state index contributed by atoms with van der Waals surface area (Å²) in [6.07, 6.45) is 2.66. The van der Waals surface area contributed by atoms with E-state index in [2.05, 4.69) is 45.1 Å². The SMILES string of the molecule is CCN(Cc1ccc(N(C)C)cc1)C(=O)CCCCBr. The van der Waals surface area contributed by atoms with E-state index >= 15 is 0 Å². The lowest BCUT2D eigenvalue weighted by Crippen LogP contribution is -2.30. The molecule has 0 aliphatic carbocycles. The van der Waals surface area contributed by atoms with E-state index in [9.17, 15) is 4.79 Å². The second kappa shape index (κ2) is 9.01. The fraction of sp³-hybridized carbons (Fsp3) is 0.562. The normalized spacial score (nSPS) is 10.4. The lowest BCUT2D eigenvalue weighted by atomic mass is 10.1. The van der Waals surface area contributed by atoms with Crippen LogP contribution in [-0.4, -0.2) is 36.8 Å². The highest BCUT2D eigenvalue weighted by molar-refractivity contribution is 9.09. The van der Waals surface area contributed by atoms with Crippen LogP contribution in [0.4, 0.5) is 5.69 Å². The van der Waals surface area contributed by atoms with Crippen LogP contribution in [0, 0.1) is 0 Å². The highest BCUT2D eigenvalue weighted by Gasteiger charge is 2.11. The van der Waals surface area contributed by atoms with E-state index in [1.165, 1.54) is 11.3 Å². The van der Waals surface area contributed by atoms with Crippen LogP contribution in [0.15, 0.2) is 24.3 Å². The van der Waals surface area contributed by atoms with Gasteiger partial charge in [0, 0.05) is 44.6 Å². The van der Waals surface area contributed by atoms with Crippen LogP contribution < -0.4 is 4.90 Å². The average Bonchev–Trinajstić information content (AvgIpc) is 2.45. The minimum absolute atomic E-state index is 0.255. The number of amides is 1. The van der Waals surface area contributed by atoms with Crippen molar-refractivity contribution in [3.05, 3.63) is 29.8 Å². The van der Waals surface area contributed by atoms with Crippen LogP contribution >= 0.6 is 15.9 Å². The van der Waals surface area contributed by atoms with Gasteiger partial charge in [-0.1, -0.05) is 28.1 Å². The third-order valence-corrected chi connectivity index (χ3v) is 3.90. The summed E-state index contributed by atoms with van der Waals surface area (Å²) >= 11 is 3.40. The Labute approximate surface area is 131 Å². The largest absolute Gasteiger partial charge is 0.378 e. The lowest BCUT2D eigenvalue weighted by molar-refractivity contribution is -0.131. The zero-order valence-corrected chi connectivity index (χ0v) is 14.3. The summed E-state index contributed by atoms with van der Waals surface area (Å²) in [6, 6.07) is 8.39. The maximum Gasteiger partial charge on any atom is 0.222 e. The highest BCUT2D eigenvalue weighted by Crippen LogP contribution is 2.14. The summed E-state index contributed by atoms with van der Waals surface area (Å²) in [6.45, 7) is 3.51. The van der Waals surface area contributed by atoms with Gasteiger partial charge in [0.2, 0.25) is 5.91 Å². The zero-order chi connectivity index (χ0) is 15.0. The first-order chi connectivity index (χ1) is 9.58. The van der Waals surface area contributed by atoms with Crippen molar-refractivity contribution in [2.24, 2.45) is 0 Å². The first kappa shape index (κ1) is 17.0. The van der Waals surface area contributed by atoms with E-state index in [4.69, 9.17) is 0 Å². The monoisotopic (exact) mass is 340 g/mol. The number of anilines is 1. The van der Waals surface area contributed by atoms with Gasteiger partial charge in [-0.15, -0.1) is 0 Å². The molecule has 0 radical (unpaired) electrons. The summed E-state index contributed by atoms with van der Waals surface area (Å²) in [5, 5.41) is 0.971. The van der Waals surface area contributed by atoms with Crippen molar-refractivity contribution < 1.29 is 4.79 Å². The average molecular weight is 341 g/mol. The van der Waals surface area contributed by atoms with E-state index in [-0.39, 0.29) is 5.91 Å². The van der Waals surface area contributed by atoms with Crippen molar-refractivity contribution >= 4 is 27.5 Å². The Kier molecular flexibility index (Phi) is 7.67. The Morgan fingerprint density at radius 3 is 2.30 bits per heavy atom. The number of benzene rings is 1. The van der Waals surface area contributed by atoms with Gasteiger partial charge < -0.3 is 9.80 Å². The van der Waals surface area contributed by atoms with Gasteiger partial charge in [0.05, 0.1) is 0 Å². The van der Waals surface area contributed by atoms with Crippen LogP contribution in [0.1, 0.15) is 31.7 Å². The van der Waals surface area contributed by atoms with Gasteiger partial charge in [-0.3, -0.25) is 4.79 Å². The molecule has 0 fully saturated rings. The molecule has 0 unspecified atom stereocenters. The number of carbonyl (C=O) groups is 1. The predicted octanol–water partition coefficient (Wildman–Crippen LogP) is 3.67. The Balaban J connectivity index is 2.56. The maximum atomic E-state index is 12.1. The summed E-state index contributed by atoms with van der Waals surface area (Å²) < 4.78 is 0. The molecular weight excluding hydrogens is 316 g/mol. The molecule has 0 saturated carbocycles. The van der Waals surface area contributed by atoms with Crippen molar-refractivity contribution in [1.82, 2.24) is 4.90 Å². The van der Waals surface area contributed by atoms with E-state index in [1.54, 1.807) is 0 Å². The smallest absolute Gasteiger partial charge is 0.222 e. The van der Waals surface area contributed by atoms with Crippen LogP contribution in [0.3, 0.4) is 0 Å². The second-order valence-corrected chi connectivity index (χ2v) is 5.91. The molecule has 0 saturated heterocycles. The quantitative estimate of drug-likeness (QED) is 0.532. The molecule has 1 rings (SSSR count). The molecule has 0 spiro atoms. The molecule has 1 amide bonds. The van der Waals surface area contributed by atoms with E-state index in [0.29, 0.717) is 13.0 Å². The molecule has 0 N–H and O–H groups in total. The number of alkyl halides is 1. The van der Waals surface area contributed by atoms with Crippen molar-refractivity contribution in [3.8, 4) is 0 Å². The summed E-state index contributed by atoms with van der Waals surface area (Å²) in [5.41, 5.74) is 2.37. The molecule has 0 aliphatic rings. The van der Waals surface area contributed by atoms with E-state index < -0.39 is 0 Å². The summed E-state index contributed by atoms with van der Waals surface area (Å²) in [4.78, 5) is 16.1. The van der Waals surface area contributed by atoms with Crippen molar-refractivity contribution in [3.63, 3.8) is 0 Å². The molecule has 0 aliphatic heterocycles. The van der Waals surface area contributed by atoms with E-state index in [0.717, 1.165) is 24.7 Å². The fourth-order valence-electron chi connectivity index (χ4n) is 2.03. The number of halogens is 1. The third-order valence-electron chi connectivity index (χ3n) is 3.33. The zero-order valence-electron chi connectivity index (χ0n) is 12.7. The van der Waals surface area contributed by atoms with Crippen molar-refractivity contribution in [2.45, 2.75) is 32.7 Å². The Morgan fingerprint density at radius 2 is 1.80 bits per heavy atom. The minimum Gasteiger partial charge on any atom is -0.378 e. The molecule has 1 aromatic carbocycles. The first-order valence-corrected chi connectivity index (χ1v) is 8.30. The molecule has 0 aromatic heterocycles. The molecule has 1 aromatic rings. The van der Waals surface area contributed by atoms with Gasteiger partial charge >= 0.3 is 0 Å². The van der Waals surface area contributed by atoms with Gasteiger partial charge in [0.15, 0.2) is 0 Å². The van der Waals surface area contributed by atoms with Crippen LogP contribution in [0.25, 0.3) is 0 Å². The highest BCUT2D eigenvalue weighted by atomic mass is 79.9. The minimum atomic E-state index is 0.255. The van der Waals surface area contributed by atoms with Gasteiger partial charge in [0.1, 0.15) is 0 Å². The van der Waals surface area contributed by atoms with Crippen molar-refractivity contribution in [1.29, 1.82) is 0 Å². The second-order valence-electron chi connectivity index (χ2n) is 5.11. The predicted molar refractivity (Wildman–Crippen MR) is 89.5 cm³/mol. The number of nitrogens with zero attached hydrogens (tertiary/aromatic N) is 2. The van der Waals surface area contributed by atoms with E-state index in [1.807, 2.05) is 25.9 Å². The van der Waals surface area contributed by atoms with Crippen molar-refractivity contribution in [2.75, 3.05) is 30.9 Å². The molecule has 20 heavy (non-hydrogen) atoms. The fourth-order valence-corrected chi connectivity index (χ4v) is 2.42. The number of unbranched alkanes of at least 4 members (excludes halogenated alkanes) is 1. The topological polar surface area (TPSA) is 23.6 Å². The molecule has 0 atom stereocenters. The van der Waals surface area contributed by atoms with Gasteiger partial charge in [-0.2, -0.15) is 0 Å². The molecule has 112 valence electrons. The molecule has 0 bridgehead atoms. The molecule has 0 heterocycles. The van der Waals surface area contributed by atoms with Gasteiger partial charge in [-0.25, -0.2) is 0 Å². The molecule has 4 heteroatoms. The third kappa shape index (κ3) is 5.53. The van der Waals surface area contributed by atoms with Crippen LogP contribution in [0.2, 0.25) is 0 Å². The van der Waals surface area contributed by atoms with Crippen LogP contribution in [0.5, 0.6) is 0 Å². The number of rotatable bonds is 8. The van der Waals surface area contributed by atoms with Gasteiger partial charge in [-0.05, 0) is 37.5 Å². The number of carbonyl (C=O) groups excluding carboxylic acids is 1. The molecule has 3 nitrogen and oxygen atoms in total. The first-order valence-electron chi connectivity index (χ1n) is 7.18. The Morgan fingerprint density at radius 1 is 1.15 bits per heavy atom. The van der Waals surface area contributed by atoms with Crippen LogP contribution in [-0.2, 0) is 11.3 Å². The summed E-state index contributed by atoms with van der Waals surface area (Å²) in [5.74, 6) is 0.255. The van der Waals surface area contributed by atoms with Gasteiger partial charge in [0.25, 0.3) is 0 Å². The number of hydrogen-bond acceptors (Lipinski definition) is 2. The summed E-state index contributed by atoms with van der Waals surface area (Å²) in [7, 11) is 4.06. The number of hydrogen-bond donors (Lipinski definition) is 0. The Hall–Kier alpha value is -1.03.